The zero-order valence-electron chi connectivity index (χ0n) is 5.98. The lowest BCUT2D eigenvalue weighted by atomic mass is 9.90. The SMILES string of the molecule is C=CC(C)(C)CC(=O)P. The Kier molecular flexibility index (Phi) is 3.07. The van der Waals surface area contributed by atoms with E-state index in [1.54, 1.807) is 6.08 Å². The van der Waals surface area contributed by atoms with E-state index < -0.39 is 0 Å². The number of carbonyl (C=O) groups is 1. The van der Waals surface area contributed by atoms with E-state index in [4.69, 9.17) is 0 Å². The maximum atomic E-state index is 10.5. The van der Waals surface area contributed by atoms with Crippen LogP contribution in [0.2, 0.25) is 0 Å². The Balaban J connectivity index is 3.86. The van der Waals surface area contributed by atoms with Crippen molar-refractivity contribution < 1.29 is 4.79 Å². The van der Waals surface area contributed by atoms with E-state index in [1.807, 2.05) is 13.8 Å². The summed E-state index contributed by atoms with van der Waals surface area (Å²) in [4.78, 5) is 10.5. The topological polar surface area (TPSA) is 17.1 Å². The van der Waals surface area contributed by atoms with Gasteiger partial charge in [0, 0.05) is 6.42 Å². The third-order valence-corrected chi connectivity index (χ3v) is 1.39. The Morgan fingerprint density at radius 3 is 2.33 bits per heavy atom. The van der Waals surface area contributed by atoms with Gasteiger partial charge in [0.05, 0.1) is 0 Å². The van der Waals surface area contributed by atoms with Crippen LogP contribution in [0.25, 0.3) is 0 Å². The molecular weight excluding hydrogens is 131 g/mol. The Bertz CT molecular complexity index is 127. The predicted octanol–water partition coefficient (Wildman–Crippen LogP) is 1.99. The number of allylic oxidation sites excluding steroid dienone is 1. The van der Waals surface area contributed by atoms with Crippen LogP contribution in [0.4, 0.5) is 0 Å². The van der Waals surface area contributed by atoms with Gasteiger partial charge in [-0.25, -0.2) is 0 Å². The average molecular weight is 144 g/mol. The second kappa shape index (κ2) is 3.12. The summed E-state index contributed by atoms with van der Waals surface area (Å²) in [6.07, 6.45) is 2.36. The first-order valence-corrected chi connectivity index (χ1v) is 3.47. The third kappa shape index (κ3) is 4.35. The molecule has 0 fully saturated rings. The van der Waals surface area contributed by atoms with Crippen molar-refractivity contribution in [3.05, 3.63) is 12.7 Å². The molecule has 0 saturated carbocycles. The van der Waals surface area contributed by atoms with E-state index in [2.05, 4.69) is 15.8 Å². The van der Waals surface area contributed by atoms with Crippen LogP contribution >= 0.6 is 9.24 Å². The van der Waals surface area contributed by atoms with Crippen molar-refractivity contribution in [2.24, 2.45) is 5.41 Å². The third-order valence-electron chi connectivity index (χ3n) is 1.18. The summed E-state index contributed by atoms with van der Waals surface area (Å²) in [5, 5.41) is 0. The molecule has 1 nitrogen and oxygen atoms in total. The van der Waals surface area contributed by atoms with Crippen LogP contribution in [-0.4, -0.2) is 5.52 Å². The number of hydrogen-bond donors (Lipinski definition) is 0. The predicted molar refractivity (Wildman–Crippen MR) is 43.3 cm³/mol. The van der Waals surface area contributed by atoms with Gasteiger partial charge in [0.15, 0.2) is 0 Å². The van der Waals surface area contributed by atoms with Gasteiger partial charge < -0.3 is 0 Å². The maximum Gasteiger partial charge on any atom is 0.149 e. The summed E-state index contributed by atoms with van der Waals surface area (Å²) in [7, 11) is 2.16. The molecule has 0 heterocycles. The lowest BCUT2D eigenvalue weighted by molar-refractivity contribution is -0.112. The minimum absolute atomic E-state index is 0.0428. The van der Waals surface area contributed by atoms with Gasteiger partial charge in [-0.2, -0.15) is 0 Å². The van der Waals surface area contributed by atoms with Crippen LogP contribution in [0.1, 0.15) is 20.3 Å². The molecule has 1 atom stereocenters. The molecule has 9 heavy (non-hydrogen) atoms. The van der Waals surface area contributed by atoms with Crippen LogP contribution in [0.3, 0.4) is 0 Å². The van der Waals surface area contributed by atoms with Gasteiger partial charge in [-0.05, 0) is 5.41 Å². The summed E-state index contributed by atoms with van der Waals surface area (Å²) in [6, 6.07) is 0. The molecule has 0 aromatic heterocycles. The summed E-state index contributed by atoms with van der Waals surface area (Å²) in [5.41, 5.74) is 0.0960. The second-order valence-corrected chi connectivity index (χ2v) is 3.48. The summed E-state index contributed by atoms with van der Waals surface area (Å²) in [5.74, 6) is 0. The first kappa shape index (κ1) is 8.84. The van der Waals surface area contributed by atoms with Crippen LogP contribution < -0.4 is 0 Å². The van der Waals surface area contributed by atoms with Gasteiger partial charge in [-0.15, -0.1) is 6.58 Å². The lowest BCUT2D eigenvalue weighted by Crippen LogP contribution is -2.09. The zero-order chi connectivity index (χ0) is 7.49. The van der Waals surface area contributed by atoms with Crippen LogP contribution in [-0.2, 0) is 4.79 Å². The molecule has 0 aromatic rings. The summed E-state index contributed by atoms with van der Waals surface area (Å²) in [6.45, 7) is 7.60. The van der Waals surface area contributed by atoms with Crippen LogP contribution in [0.15, 0.2) is 12.7 Å². The molecule has 1 unspecified atom stereocenters. The summed E-state index contributed by atoms with van der Waals surface area (Å²) < 4.78 is 0. The van der Waals surface area contributed by atoms with Gasteiger partial charge in [0.25, 0.3) is 0 Å². The standard InChI is InChI=1S/C7H13OP/c1-4-7(2,3)5-6(8)9/h4H,1,5,9H2,2-3H3. The Morgan fingerprint density at radius 1 is 1.78 bits per heavy atom. The zero-order valence-corrected chi connectivity index (χ0v) is 7.13. The number of hydrogen-bond acceptors (Lipinski definition) is 1. The van der Waals surface area contributed by atoms with E-state index in [-0.39, 0.29) is 10.9 Å². The van der Waals surface area contributed by atoms with Crippen molar-refractivity contribution in [3.8, 4) is 0 Å². The molecule has 0 aromatic carbocycles. The molecule has 0 spiro atoms. The fourth-order valence-electron chi connectivity index (χ4n) is 0.521. The minimum atomic E-state index is -0.0428. The van der Waals surface area contributed by atoms with Gasteiger partial charge in [0.2, 0.25) is 0 Å². The van der Waals surface area contributed by atoms with Gasteiger partial charge in [-0.3, -0.25) is 4.79 Å². The minimum Gasteiger partial charge on any atom is -0.295 e. The summed E-state index contributed by atoms with van der Waals surface area (Å²) >= 11 is 0. The van der Waals surface area contributed by atoms with E-state index in [0.29, 0.717) is 6.42 Å². The van der Waals surface area contributed by atoms with Crippen molar-refractivity contribution >= 4 is 14.8 Å². The van der Waals surface area contributed by atoms with Crippen molar-refractivity contribution in [2.75, 3.05) is 0 Å². The monoisotopic (exact) mass is 144 g/mol. The van der Waals surface area contributed by atoms with E-state index in [1.165, 1.54) is 0 Å². The Labute approximate surface area is 58.7 Å². The van der Waals surface area contributed by atoms with Crippen molar-refractivity contribution in [1.82, 2.24) is 0 Å². The molecule has 0 radical (unpaired) electrons. The van der Waals surface area contributed by atoms with Gasteiger partial charge in [-0.1, -0.05) is 29.2 Å². The number of rotatable bonds is 3. The smallest absolute Gasteiger partial charge is 0.149 e. The molecule has 0 amide bonds. The Hall–Kier alpha value is -0.160. The fraction of sp³-hybridized carbons (Fsp3) is 0.571. The quantitative estimate of drug-likeness (QED) is 0.437. The molecule has 0 rings (SSSR count). The maximum absolute atomic E-state index is 10.5. The lowest BCUT2D eigenvalue weighted by Gasteiger charge is -2.16. The molecule has 0 aliphatic carbocycles. The highest BCUT2D eigenvalue weighted by Crippen LogP contribution is 2.22. The van der Waals surface area contributed by atoms with Crippen molar-refractivity contribution in [1.29, 1.82) is 0 Å². The Morgan fingerprint density at radius 2 is 2.22 bits per heavy atom. The molecule has 0 aliphatic heterocycles. The highest BCUT2D eigenvalue weighted by atomic mass is 31.0. The fourth-order valence-corrected chi connectivity index (χ4v) is 1.05. The van der Waals surface area contributed by atoms with E-state index >= 15 is 0 Å². The normalized spacial score (nSPS) is 11.0. The molecule has 0 aliphatic rings. The van der Waals surface area contributed by atoms with Crippen LogP contribution in [0, 0.1) is 5.41 Å². The number of carbonyl (C=O) groups excluding carboxylic acids is 1. The molecular formula is C7H13OP. The van der Waals surface area contributed by atoms with E-state index in [0.717, 1.165) is 0 Å². The highest BCUT2D eigenvalue weighted by Gasteiger charge is 2.14. The molecule has 0 N–H and O–H groups in total. The van der Waals surface area contributed by atoms with Crippen molar-refractivity contribution in [2.45, 2.75) is 20.3 Å². The molecule has 2 heteroatoms. The van der Waals surface area contributed by atoms with Gasteiger partial charge in [0.1, 0.15) is 5.52 Å². The van der Waals surface area contributed by atoms with Crippen LogP contribution in [0.5, 0.6) is 0 Å². The molecule has 52 valence electrons. The second-order valence-electron chi connectivity index (χ2n) is 2.84. The average Bonchev–Trinajstić information content (AvgIpc) is 1.63. The highest BCUT2D eigenvalue weighted by molar-refractivity contribution is 7.40. The first-order valence-electron chi connectivity index (χ1n) is 2.90. The largest absolute Gasteiger partial charge is 0.295 e. The molecule has 0 saturated heterocycles. The molecule has 0 bridgehead atoms. The first-order chi connectivity index (χ1) is 3.98. The van der Waals surface area contributed by atoms with Crippen molar-refractivity contribution in [3.63, 3.8) is 0 Å². The van der Waals surface area contributed by atoms with Gasteiger partial charge >= 0.3 is 0 Å². The van der Waals surface area contributed by atoms with E-state index in [9.17, 15) is 4.79 Å².